The average molecular weight is 410 g/mol. The second-order valence-corrected chi connectivity index (χ2v) is 7.46. The van der Waals surface area contributed by atoms with Crippen LogP contribution in [0.15, 0.2) is 48.5 Å². The van der Waals surface area contributed by atoms with E-state index in [0.717, 1.165) is 4.90 Å². The number of amides is 3. The normalized spacial score (nSPS) is 13.9. The highest BCUT2D eigenvalue weighted by molar-refractivity contribution is 6.22. The van der Waals surface area contributed by atoms with Crippen molar-refractivity contribution in [1.29, 1.82) is 0 Å². The summed E-state index contributed by atoms with van der Waals surface area (Å²) in [6, 6.07) is 13.0. The van der Waals surface area contributed by atoms with E-state index in [2.05, 4.69) is 5.32 Å². The van der Waals surface area contributed by atoms with Crippen LogP contribution >= 0.6 is 0 Å². The Morgan fingerprint density at radius 2 is 1.53 bits per heavy atom. The summed E-state index contributed by atoms with van der Waals surface area (Å²) in [5.41, 5.74) is 0.673. The number of imide groups is 1. The maximum absolute atomic E-state index is 12.9. The molecule has 30 heavy (non-hydrogen) atoms. The van der Waals surface area contributed by atoms with Crippen molar-refractivity contribution in [3.8, 4) is 11.5 Å². The molecule has 1 heterocycles. The van der Waals surface area contributed by atoms with Gasteiger partial charge < -0.3 is 14.8 Å². The Kier molecular flexibility index (Phi) is 6.72. The number of carbonyl (C=O) groups is 3. The van der Waals surface area contributed by atoms with E-state index >= 15 is 0 Å². The van der Waals surface area contributed by atoms with Crippen LogP contribution in [-0.2, 0) is 4.79 Å². The first-order valence-corrected chi connectivity index (χ1v) is 9.94. The molecule has 0 radical (unpaired) electrons. The molecule has 3 amide bonds. The van der Waals surface area contributed by atoms with Gasteiger partial charge in [0.05, 0.1) is 24.8 Å². The lowest BCUT2D eigenvalue weighted by molar-refractivity contribution is -0.125. The second-order valence-electron chi connectivity index (χ2n) is 7.46. The molecular formula is C23H26N2O5. The van der Waals surface area contributed by atoms with Crippen LogP contribution in [-0.4, -0.2) is 48.9 Å². The summed E-state index contributed by atoms with van der Waals surface area (Å²) in [7, 11) is 1.56. The number of hydrogen-bond acceptors (Lipinski definition) is 5. The third-order valence-corrected chi connectivity index (χ3v) is 4.86. The zero-order valence-corrected chi connectivity index (χ0v) is 17.4. The lowest BCUT2D eigenvalue weighted by atomic mass is 10.0. The van der Waals surface area contributed by atoms with E-state index < -0.39 is 17.9 Å². The van der Waals surface area contributed by atoms with Gasteiger partial charge in [0.25, 0.3) is 11.8 Å². The first-order valence-electron chi connectivity index (χ1n) is 9.94. The molecule has 1 aliphatic rings. The van der Waals surface area contributed by atoms with E-state index in [1.165, 1.54) is 0 Å². The van der Waals surface area contributed by atoms with E-state index in [1.807, 2.05) is 26.0 Å². The van der Waals surface area contributed by atoms with E-state index in [0.29, 0.717) is 29.0 Å². The zero-order chi connectivity index (χ0) is 21.7. The molecule has 1 N–H and O–H groups in total. The van der Waals surface area contributed by atoms with Crippen LogP contribution in [0.3, 0.4) is 0 Å². The monoisotopic (exact) mass is 410 g/mol. The zero-order valence-electron chi connectivity index (χ0n) is 17.4. The Hall–Kier alpha value is -3.35. The van der Waals surface area contributed by atoms with Crippen LogP contribution in [0.4, 0.5) is 0 Å². The van der Waals surface area contributed by atoms with Crippen molar-refractivity contribution in [3.63, 3.8) is 0 Å². The Labute approximate surface area is 176 Å². The van der Waals surface area contributed by atoms with E-state index in [1.54, 1.807) is 43.5 Å². The van der Waals surface area contributed by atoms with E-state index in [9.17, 15) is 14.4 Å². The van der Waals surface area contributed by atoms with Crippen molar-refractivity contribution >= 4 is 17.7 Å². The van der Waals surface area contributed by atoms with Crippen molar-refractivity contribution in [3.05, 3.63) is 59.7 Å². The molecule has 3 rings (SSSR count). The smallest absolute Gasteiger partial charge is 0.262 e. The standard InChI is InChI=1S/C23H26N2O5/c1-15(2)14-18(25-22(27)16-8-4-5-9-17(16)23(25)28)21(26)24-12-13-30-20-11-7-6-10-19(20)29-3/h4-11,15,18H,12-14H2,1-3H3,(H,24,26)/t18-/m1/s1. The fraction of sp³-hybridized carbons (Fsp3) is 0.348. The fourth-order valence-electron chi connectivity index (χ4n) is 3.46. The molecule has 0 spiro atoms. The Balaban J connectivity index is 1.65. The molecule has 7 heteroatoms. The third-order valence-electron chi connectivity index (χ3n) is 4.86. The summed E-state index contributed by atoms with van der Waals surface area (Å²) >= 11 is 0. The summed E-state index contributed by atoms with van der Waals surface area (Å²) < 4.78 is 10.9. The number of para-hydroxylation sites is 2. The van der Waals surface area contributed by atoms with Crippen molar-refractivity contribution < 1.29 is 23.9 Å². The van der Waals surface area contributed by atoms with Crippen molar-refractivity contribution in [2.45, 2.75) is 26.3 Å². The predicted octanol–water partition coefficient (Wildman–Crippen LogP) is 2.90. The molecule has 0 bridgehead atoms. The number of fused-ring (bicyclic) bond motifs is 1. The molecule has 0 aromatic heterocycles. The number of nitrogens with one attached hydrogen (secondary N) is 1. The lowest BCUT2D eigenvalue weighted by Crippen LogP contribution is -2.50. The van der Waals surface area contributed by atoms with Crippen LogP contribution in [0.25, 0.3) is 0 Å². The number of ether oxygens (including phenoxy) is 2. The summed E-state index contributed by atoms with van der Waals surface area (Å²) in [5.74, 6) is 0.0703. The van der Waals surface area contributed by atoms with Crippen LogP contribution < -0.4 is 14.8 Å². The van der Waals surface area contributed by atoms with E-state index in [-0.39, 0.29) is 25.0 Å². The molecule has 0 saturated heterocycles. The Morgan fingerprint density at radius 3 is 2.10 bits per heavy atom. The first-order chi connectivity index (χ1) is 14.4. The molecule has 7 nitrogen and oxygen atoms in total. The molecule has 2 aromatic carbocycles. The summed E-state index contributed by atoms with van der Waals surface area (Å²) in [6.07, 6.45) is 0.380. The minimum atomic E-state index is -0.872. The van der Waals surface area contributed by atoms with Gasteiger partial charge in [-0.15, -0.1) is 0 Å². The number of carbonyl (C=O) groups excluding carboxylic acids is 3. The molecule has 0 saturated carbocycles. The number of methoxy groups -OCH3 is 1. The highest BCUT2D eigenvalue weighted by Gasteiger charge is 2.42. The van der Waals surface area contributed by atoms with Gasteiger partial charge in [0.1, 0.15) is 12.6 Å². The van der Waals surface area contributed by atoms with Crippen LogP contribution in [0.5, 0.6) is 11.5 Å². The second kappa shape index (κ2) is 9.43. The maximum atomic E-state index is 12.9. The highest BCUT2D eigenvalue weighted by Crippen LogP contribution is 2.27. The van der Waals surface area contributed by atoms with Crippen LogP contribution in [0.1, 0.15) is 41.0 Å². The summed E-state index contributed by atoms with van der Waals surface area (Å²) in [5, 5.41) is 2.79. The van der Waals surface area contributed by atoms with Gasteiger partial charge in [0.15, 0.2) is 11.5 Å². The topological polar surface area (TPSA) is 84.9 Å². The highest BCUT2D eigenvalue weighted by atomic mass is 16.5. The maximum Gasteiger partial charge on any atom is 0.262 e. The molecular weight excluding hydrogens is 384 g/mol. The fourth-order valence-corrected chi connectivity index (χ4v) is 3.46. The van der Waals surface area contributed by atoms with Crippen molar-refractivity contribution in [1.82, 2.24) is 10.2 Å². The first kappa shape index (κ1) is 21.4. The van der Waals surface area contributed by atoms with Gasteiger partial charge in [-0.1, -0.05) is 38.1 Å². The van der Waals surface area contributed by atoms with Gasteiger partial charge in [0, 0.05) is 0 Å². The largest absolute Gasteiger partial charge is 0.493 e. The minimum absolute atomic E-state index is 0.120. The molecule has 0 unspecified atom stereocenters. The van der Waals surface area contributed by atoms with Gasteiger partial charge >= 0.3 is 0 Å². The van der Waals surface area contributed by atoms with Crippen molar-refractivity contribution in [2.24, 2.45) is 5.92 Å². The lowest BCUT2D eigenvalue weighted by Gasteiger charge is -2.26. The molecule has 2 aromatic rings. The molecule has 0 aliphatic carbocycles. The minimum Gasteiger partial charge on any atom is -0.493 e. The third kappa shape index (κ3) is 4.45. The Bertz CT molecular complexity index is 906. The summed E-state index contributed by atoms with van der Waals surface area (Å²) in [6.45, 7) is 4.35. The number of nitrogens with zero attached hydrogens (tertiary/aromatic N) is 1. The SMILES string of the molecule is COc1ccccc1OCCNC(=O)[C@@H](CC(C)C)N1C(=O)c2ccccc2C1=O. The number of rotatable bonds is 9. The van der Waals surface area contributed by atoms with Gasteiger partial charge in [-0.05, 0) is 36.6 Å². The van der Waals surface area contributed by atoms with Crippen molar-refractivity contribution in [2.75, 3.05) is 20.3 Å². The molecule has 0 fully saturated rings. The average Bonchev–Trinajstić information content (AvgIpc) is 3.00. The summed E-state index contributed by atoms with van der Waals surface area (Å²) in [4.78, 5) is 39.6. The predicted molar refractivity (Wildman–Crippen MR) is 112 cm³/mol. The van der Waals surface area contributed by atoms with E-state index in [4.69, 9.17) is 9.47 Å². The number of benzene rings is 2. The van der Waals surface area contributed by atoms with Gasteiger partial charge in [-0.2, -0.15) is 0 Å². The Morgan fingerprint density at radius 1 is 0.967 bits per heavy atom. The van der Waals surface area contributed by atoms with Gasteiger partial charge in [-0.25, -0.2) is 0 Å². The van der Waals surface area contributed by atoms with Gasteiger partial charge in [0.2, 0.25) is 5.91 Å². The van der Waals surface area contributed by atoms with Crippen LogP contribution in [0, 0.1) is 5.92 Å². The van der Waals surface area contributed by atoms with Crippen LogP contribution in [0.2, 0.25) is 0 Å². The number of hydrogen-bond donors (Lipinski definition) is 1. The molecule has 1 atom stereocenters. The van der Waals surface area contributed by atoms with Gasteiger partial charge in [-0.3, -0.25) is 19.3 Å². The molecule has 158 valence electrons. The quantitative estimate of drug-likeness (QED) is 0.508. The molecule has 1 aliphatic heterocycles.